The van der Waals surface area contributed by atoms with E-state index in [1.54, 1.807) is 0 Å². The molecule has 1 rings (SSSR count). The first-order valence-corrected chi connectivity index (χ1v) is 10.7. The van der Waals surface area contributed by atoms with Crippen LogP contribution in [0.3, 0.4) is 0 Å². The Bertz CT molecular complexity index is 628. The second-order valence-electron chi connectivity index (χ2n) is 7.39. The molecule has 0 bridgehead atoms. The van der Waals surface area contributed by atoms with Crippen molar-refractivity contribution in [1.82, 2.24) is 0 Å². The molecule has 0 amide bonds. The second-order valence-corrected chi connectivity index (χ2v) is 12.2. The molecule has 0 saturated carbocycles. The molecular formula is C18H25F3O3Si. The Morgan fingerprint density at radius 2 is 1.60 bits per heavy atom. The van der Waals surface area contributed by atoms with Gasteiger partial charge in [0.2, 0.25) is 0 Å². The number of ether oxygens (including phenoxy) is 1. The Morgan fingerprint density at radius 3 is 1.96 bits per heavy atom. The van der Waals surface area contributed by atoms with Gasteiger partial charge in [-0.2, -0.15) is 13.2 Å². The number of benzene rings is 1. The molecule has 0 spiro atoms. The minimum Gasteiger partial charge on any atom is -0.466 e. The number of hydrogen-bond donors (Lipinski definition) is 0. The number of carbonyl (C=O) groups is 1. The van der Waals surface area contributed by atoms with Crippen LogP contribution < -0.4 is 0 Å². The quantitative estimate of drug-likeness (QED) is 0.388. The van der Waals surface area contributed by atoms with Gasteiger partial charge in [0.05, 0.1) is 18.2 Å². The fraction of sp³-hybridized carbons (Fsp3) is 0.500. The molecule has 3 nitrogen and oxygen atoms in total. The van der Waals surface area contributed by atoms with E-state index in [0.29, 0.717) is 5.56 Å². The summed E-state index contributed by atoms with van der Waals surface area (Å²) in [5.74, 6) is -0.649. The zero-order valence-corrected chi connectivity index (χ0v) is 16.5. The van der Waals surface area contributed by atoms with Gasteiger partial charge in [-0.05, 0) is 35.8 Å². The van der Waals surface area contributed by atoms with Crippen molar-refractivity contribution < 1.29 is 27.1 Å². The van der Waals surface area contributed by atoms with Crippen molar-refractivity contribution in [2.75, 3.05) is 7.11 Å². The van der Waals surface area contributed by atoms with E-state index < -0.39 is 32.1 Å². The average Bonchev–Trinajstić information content (AvgIpc) is 2.49. The van der Waals surface area contributed by atoms with Crippen LogP contribution in [0.15, 0.2) is 36.4 Å². The summed E-state index contributed by atoms with van der Waals surface area (Å²) in [6, 6.07) is 4.58. The first-order valence-electron chi connectivity index (χ1n) is 7.83. The molecule has 0 aliphatic rings. The van der Waals surface area contributed by atoms with Gasteiger partial charge in [-0.1, -0.05) is 39.5 Å². The maximum Gasteiger partial charge on any atom is 0.416 e. The summed E-state index contributed by atoms with van der Waals surface area (Å²) in [6.45, 7) is 13.8. The summed E-state index contributed by atoms with van der Waals surface area (Å²) < 4.78 is 49.3. The van der Waals surface area contributed by atoms with E-state index in [1.807, 2.05) is 33.9 Å². The van der Waals surface area contributed by atoms with Gasteiger partial charge >= 0.3 is 12.1 Å². The van der Waals surface area contributed by atoms with Crippen molar-refractivity contribution in [3.8, 4) is 0 Å². The van der Waals surface area contributed by atoms with Crippen LogP contribution in [0.1, 0.15) is 38.0 Å². The molecule has 1 aromatic carbocycles. The van der Waals surface area contributed by atoms with Crippen LogP contribution in [0.5, 0.6) is 0 Å². The molecule has 7 heteroatoms. The molecule has 25 heavy (non-hydrogen) atoms. The first kappa shape index (κ1) is 21.4. The van der Waals surface area contributed by atoms with Gasteiger partial charge < -0.3 is 9.16 Å². The number of hydrogen-bond acceptors (Lipinski definition) is 3. The molecule has 1 unspecified atom stereocenters. The van der Waals surface area contributed by atoms with E-state index in [-0.39, 0.29) is 10.6 Å². The number of rotatable bonds is 5. The number of halogens is 3. The third-order valence-electron chi connectivity index (χ3n) is 4.52. The molecule has 0 heterocycles. The van der Waals surface area contributed by atoms with Gasteiger partial charge in [-0.15, -0.1) is 0 Å². The van der Waals surface area contributed by atoms with Gasteiger partial charge in [-0.25, -0.2) is 4.79 Å². The van der Waals surface area contributed by atoms with Crippen molar-refractivity contribution in [2.45, 2.75) is 51.2 Å². The third-order valence-corrected chi connectivity index (χ3v) is 8.96. The van der Waals surface area contributed by atoms with E-state index in [2.05, 4.69) is 6.58 Å². The molecule has 0 aliphatic heterocycles. The molecular weight excluding hydrogens is 349 g/mol. The molecule has 0 saturated heterocycles. The Labute approximate surface area is 148 Å². The van der Waals surface area contributed by atoms with Crippen LogP contribution in [0.25, 0.3) is 0 Å². The molecule has 0 aromatic heterocycles. The third kappa shape index (κ3) is 5.18. The fourth-order valence-corrected chi connectivity index (χ4v) is 3.12. The summed E-state index contributed by atoms with van der Waals surface area (Å²) in [5.41, 5.74) is -0.258. The number of methoxy groups -OCH3 is 1. The van der Waals surface area contributed by atoms with Crippen molar-refractivity contribution >= 4 is 14.3 Å². The highest BCUT2D eigenvalue weighted by molar-refractivity contribution is 6.74. The lowest BCUT2D eigenvalue weighted by molar-refractivity contribution is -0.138. The van der Waals surface area contributed by atoms with Gasteiger partial charge in [-0.3, -0.25) is 0 Å². The monoisotopic (exact) mass is 374 g/mol. The standard InChI is InChI=1S/C18H25F3O3Si/c1-12(16(22)23-5)15(24-25(6,7)17(2,3)4)13-8-10-14(11-9-13)18(19,20)21/h8-11,15H,1H2,2-7H3. The highest BCUT2D eigenvalue weighted by Crippen LogP contribution is 2.42. The van der Waals surface area contributed by atoms with E-state index in [0.717, 1.165) is 12.1 Å². The molecule has 1 atom stereocenters. The first-order chi connectivity index (χ1) is 11.2. The lowest BCUT2D eigenvalue weighted by atomic mass is 10.0. The largest absolute Gasteiger partial charge is 0.466 e. The van der Waals surface area contributed by atoms with Crippen LogP contribution in [0.4, 0.5) is 13.2 Å². The zero-order valence-electron chi connectivity index (χ0n) is 15.5. The van der Waals surface area contributed by atoms with Crippen LogP contribution >= 0.6 is 0 Å². The Balaban J connectivity index is 3.28. The number of carbonyl (C=O) groups excluding carboxylic acids is 1. The summed E-state index contributed by atoms with van der Waals surface area (Å²) in [7, 11) is -1.09. The smallest absolute Gasteiger partial charge is 0.416 e. The minimum atomic E-state index is -4.42. The summed E-state index contributed by atoms with van der Waals surface area (Å²) in [6.07, 6.45) is -5.27. The van der Waals surface area contributed by atoms with Crippen LogP contribution in [-0.4, -0.2) is 21.4 Å². The molecule has 140 valence electrons. The number of esters is 1. The van der Waals surface area contributed by atoms with Gasteiger partial charge in [0, 0.05) is 0 Å². The normalized spacial score (nSPS) is 14.1. The van der Waals surface area contributed by atoms with Gasteiger partial charge in [0.15, 0.2) is 8.32 Å². The van der Waals surface area contributed by atoms with E-state index >= 15 is 0 Å². The van der Waals surface area contributed by atoms with Crippen molar-refractivity contribution in [3.63, 3.8) is 0 Å². The van der Waals surface area contributed by atoms with E-state index in [1.165, 1.54) is 19.2 Å². The molecule has 1 aromatic rings. The lowest BCUT2D eigenvalue weighted by Crippen LogP contribution is -2.42. The lowest BCUT2D eigenvalue weighted by Gasteiger charge is -2.39. The summed E-state index contributed by atoms with van der Waals surface area (Å²) in [4.78, 5) is 11.9. The summed E-state index contributed by atoms with van der Waals surface area (Å²) >= 11 is 0. The highest BCUT2D eigenvalue weighted by atomic mass is 28.4. The van der Waals surface area contributed by atoms with E-state index in [4.69, 9.17) is 9.16 Å². The fourth-order valence-electron chi connectivity index (χ4n) is 1.90. The maximum atomic E-state index is 12.8. The van der Waals surface area contributed by atoms with Crippen molar-refractivity contribution in [2.24, 2.45) is 0 Å². The zero-order chi connectivity index (χ0) is 19.6. The van der Waals surface area contributed by atoms with Crippen LogP contribution in [0, 0.1) is 0 Å². The van der Waals surface area contributed by atoms with Crippen molar-refractivity contribution in [1.29, 1.82) is 0 Å². The van der Waals surface area contributed by atoms with E-state index in [9.17, 15) is 18.0 Å². The van der Waals surface area contributed by atoms with Gasteiger partial charge in [0.1, 0.15) is 6.10 Å². The second kappa shape index (κ2) is 7.33. The SMILES string of the molecule is C=C(C(=O)OC)C(O[Si](C)(C)C(C)(C)C)c1ccc(C(F)(F)F)cc1. The molecule has 0 fully saturated rings. The molecule has 0 aliphatic carbocycles. The van der Waals surface area contributed by atoms with Crippen LogP contribution in [0.2, 0.25) is 18.1 Å². The predicted molar refractivity (Wildman–Crippen MR) is 93.6 cm³/mol. The minimum absolute atomic E-state index is 0.0621. The topological polar surface area (TPSA) is 35.5 Å². The van der Waals surface area contributed by atoms with Crippen LogP contribution in [-0.2, 0) is 20.1 Å². The Morgan fingerprint density at radius 1 is 1.12 bits per heavy atom. The average molecular weight is 374 g/mol. The summed E-state index contributed by atoms with van der Waals surface area (Å²) in [5, 5.41) is -0.145. The predicted octanol–water partition coefficient (Wildman–Crippen LogP) is 5.50. The van der Waals surface area contributed by atoms with Gasteiger partial charge in [0.25, 0.3) is 0 Å². The number of alkyl halides is 3. The Hall–Kier alpha value is -1.60. The molecule has 0 N–H and O–H groups in total. The van der Waals surface area contributed by atoms with Crippen molar-refractivity contribution in [3.05, 3.63) is 47.5 Å². The highest BCUT2D eigenvalue weighted by Gasteiger charge is 2.41. The Kier molecular flexibility index (Phi) is 6.29. The maximum absolute atomic E-state index is 12.8. The molecule has 0 radical (unpaired) electrons.